The molecule has 2 rings (SSSR count). The third-order valence-electron chi connectivity index (χ3n) is 2.10. The molecule has 1 atom stereocenters. The Morgan fingerprint density at radius 1 is 1.36 bits per heavy atom. The zero-order chi connectivity index (χ0) is 9.80. The molecule has 0 spiro atoms. The predicted octanol–water partition coefficient (Wildman–Crippen LogP) is -0.995. The van der Waals surface area contributed by atoms with Crippen LogP contribution in [0, 0.1) is 0 Å². The molecule has 76 valence electrons. The van der Waals surface area contributed by atoms with Crippen LogP contribution in [0.5, 0.6) is 0 Å². The number of nitrogens with one attached hydrogen (secondary N) is 2. The first-order chi connectivity index (χ1) is 6.86. The quantitative estimate of drug-likeness (QED) is 0.636. The molecule has 1 aromatic rings. The molecule has 0 bridgehead atoms. The largest absolute Gasteiger partial charge is 0.350 e. The van der Waals surface area contributed by atoms with Gasteiger partial charge in [0.05, 0.1) is 0 Å². The average molecular weight is 195 g/mol. The third-order valence-corrected chi connectivity index (χ3v) is 2.10. The van der Waals surface area contributed by atoms with Crippen LogP contribution in [0.15, 0.2) is 24.5 Å². The Balaban J connectivity index is 1.88. The molecule has 14 heavy (non-hydrogen) atoms. The second kappa shape index (κ2) is 4.26. The zero-order valence-corrected chi connectivity index (χ0v) is 7.77. The van der Waals surface area contributed by atoms with Gasteiger partial charge in [0.2, 0.25) is 0 Å². The smallest absolute Gasteiger partial charge is 0.335 e. The summed E-state index contributed by atoms with van der Waals surface area (Å²) in [5, 5.41) is 6.20. The summed E-state index contributed by atoms with van der Waals surface area (Å²) in [7, 11) is 0. The van der Waals surface area contributed by atoms with E-state index in [0.29, 0.717) is 6.54 Å². The Labute approximate surface area is 82.0 Å². The fourth-order valence-electron chi connectivity index (χ4n) is 1.37. The second-order valence-corrected chi connectivity index (χ2v) is 3.16. The molecule has 1 aliphatic heterocycles. The monoisotopic (exact) mass is 195 g/mol. The summed E-state index contributed by atoms with van der Waals surface area (Å²) in [5.41, 5.74) is 0. The molecule has 2 N–H and O–H groups in total. The van der Waals surface area contributed by atoms with Crippen molar-refractivity contribution in [3.05, 3.63) is 24.5 Å². The van der Waals surface area contributed by atoms with Crippen LogP contribution in [-0.2, 0) is 4.79 Å². The molecule has 1 aliphatic rings. The number of rotatable bonds is 2. The highest BCUT2D eigenvalue weighted by Crippen LogP contribution is 1.91. The van der Waals surface area contributed by atoms with Crippen LogP contribution in [-0.4, -0.2) is 36.4 Å². The van der Waals surface area contributed by atoms with E-state index < -0.39 is 0 Å². The van der Waals surface area contributed by atoms with E-state index in [0.717, 1.165) is 13.1 Å². The summed E-state index contributed by atoms with van der Waals surface area (Å²) in [6.07, 6.45) is 3.38. The van der Waals surface area contributed by atoms with Crippen LogP contribution in [0.25, 0.3) is 0 Å². The van der Waals surface area contributed by atoms with Crippen LogP contribution >= 0.6 is 0 Å². The van der Waals surface area contributed by atoms with E-state index in [1.54, 1.807) is 24.5 Å². The molecule has 1 aromatic heterocycles. The van der Waals surface area contributed by atoms with Crippen molar-refractivity contribution in [1.82, 2.24) is 15.4 Å². The Kier molecular flexibility index (Phi) is 2.81. The molecular formula is C9H13N3O2. The van der Waals surface area contributed by atoms with E-state index >= 15 is 0 Å². The molecule has 0 aromatic carbocycles. The molecular weight excluding hydrogens is 182 g/mol. The van der Waals surface area contributed by atoms with Crippen LogP contribution in [0.4, 0.5) is 0 Å². The van der Waals surface area contributed by atoms with Crippen LogP contribution in [0.3, 0.4) is 0 Å². The van der Waals surface area contributed by atoms with E-state index in [4.69, 9.17) is 4.84 Å². The summed E-state index contributed by atoms with van der Waals surface area (Å²) in [4.78, 5) is 16.6. The number of hydrogen-bond donors (Lipinski definition) is 2. The SMILES string of the molecule is O=C(On1cccc1)C1CNCCN1. The molecule has 1 unspecified atom stereocenters. The number of piperazine rings is 1. The Hall–Kier alpha value is -1.33. The van der Waals surface area contributed by atoms with E-state index in [1.807, 2.05) is 0 Å². The van der Waals surface area contributed by atoms with Crippen molar-refractivity contribution in [2.75, 3.05) is 19.6 Å². The fraction of sp³-hybridized carbons (Fsp3) is 0.444. The number of hydrogen-bond acceptors (Lipinski definition) is 4. The minimum absolute atomic E-state index is 0.244. The van der Waals surface area contributed by atoms with Crippen molar-refractivity contribution in [2.24, 2.45) is 0 Å². The van der Waals surface area contributed by atoms with Gasteiger partial charge in [-0.15, -0.1) is 0 Å². The Morgan fingerprint density at radius 2 is 2.14 bits per heavy atom. The minimum Gasteiger partial charge on any atom is -0.335 e. The van der Waals surface area contributed by atoms with E-state index in [2.05, 4.69) is 10.6 Å². The second-order valence-electron chi connectivity index (χ2n) is 3.16. The van der Waals surface area contributed by atoms with Crippen molar-refractivity contribution in [2.45, 2.75) is 6.04 Å². The van der Waals surface area contributed by atoms with Crippen molar-refractivity contribution < 1.29 is 9.63 Å². The van der Waals surface area contributed by atoms with E-state index in [9.17, 15) is 4.79 Å². The highest BCUT2D eigenvalue weighted by atomic mass is 16.7. The fourth-order valence-corrected chi connectivity index (χ4v) is 1.37. The van der Waals surface area contributed by atoms with E-state index in [-0.39, 0.29) is 12.0 Å². The number of carbonyl (C=O) groups excluding carboxylic acids is 1. The molecule has 0 amide bonds. The standard InChI is InChI=1S/C9H13N3O2/c13-9(8-7-10-3-4-11-8)14-12-5-1-2-6-12/h1-2,5-6,8,10-11H,3-4,7H2. The normalized spacial score (nSPS) is 21.9. The first-order valence-electron chi connectivity index (χ1n) is 4.65. The van der Waals surface area contributed by atoms with Crippen LogP contribution in [0.1, 0.15) is 0 Å². The van der Waals surface area contributed by atoms with Crippen molar-refractivity contribution in [1.29, 1.82) is 0 Å². The lowest BCUT2D eigenvalue weighted by Crippen LogP contribution is -2.54. The highest BCUT2D eigenvalue weighted by molar-refractivity contribution is 5.76. The maximum Gasteiger partial charge on any atom is 0.350 e. The Bertz CT molecular complexity index is 291. The average Bonchev–Trinajstić information content (AvgIpc) is 2.72. The lowest BCUT2D eigenvalue weighted by atomic mass is 10.2. The first-order valence-corrected chi connectivity index (χ1v) is 4.65. The summed E-state index contributed by atoms with van der Waals surface area (Å²) < 4.78 is 1.40. The molecule has 0 radical (unpaired) electrons. The van der Waals surface area contributed by atoms with Gasteiger partial charge in [0.15, 0.2) is 0 Å². The van der Waals surface area contributed by atoms with Gasteiger partial charge in [-0.3, -0.25) is 0 Å². The zero-order valence-electron chi connectivity index (χ0n) is 7.77. The maximum absolute atomic E-state index is 11.5. The van der Waals surface area contributed by atoms with Gasteiger partial charge in [-0.25, -0.2) is 4.79 Å². The van der Waals surface area contributed by atoms with Gasteiger partial charge in [0, 0.05) is 32.0 Å². The lowest BCUT2D eigenvalue weighted by Gasteiger charge is -2.22. The maximum atomic E-state index is 11.5. The van der Waals surface area contributed by atoms with Crippen LogP contribution in [0.2, 0.25) is 0 Å². The van der Waals surface area contributed by atoms with Gasteiger partial charge in [0.1, 0.15) is 6.04 Å². The van der Waals surface area contributed by atoms with Gasteiger partial charge in [-0.05, 0) is 12.1 Å². The molecule has 0 aliphatic carbocycles. The van der Waals surface area contributed by atoms with Gasteiger partial charge in [-0.1, -0.05) is 0 Å². The van der Waals surface area contributed by atoms with Gasteiger partial charge < -0.3 is 15.5 Å². The van der Waals surface area contributed by atoms with Crippen LogP contribution < -0.4 is 15.5 Å². The molecule has 2 heterocycles. The molecule has 5 heteroatoms. The summed E-state index contributed by atoms with van der Waals surface area (Å²) in [6, 6.07) is 3.37. The van der Waals surface area contributed by atoms with E-state index in [1.165, 1.54) is 4.73 Å². The summed E-state index contributed by atoms with van der Waals surface area (Å²) in [6.45, 7) is 2.32. The van der Waals surface area contributed by atoms with Gasteiger partial charge in [-0.2, -0.15) is 4.73 Å². The molecule has 1 fully saturated rings. The predicted molar refractivity (Wildman–Crippen MR) is 50.7 cm³/mol. The topological polar surface area (TPSA) is 55.3 Å². The molecule has 1 saturated heterocycles. The minimum atomic E-state index is -0.256. The van der Waals surface area contributed by atoms with Crippen molar-refractivity contribution in [3.63, 3.8) is 0 Å². The van der Waals surface area contributed by atoms with Gasteiger partial charge in [0.25, 0.3) is 0 Å². The summed E-state index contributed by atoms with van der Waals surface area (Å²) in [5.74, 6) is -0.256. The van der Waals surface area contributed by atoms with Gasteiger partial charge >= 0.3 is 5.97 Å². The number of nitrogens with zero attached hydrogens (tertiary/aromatic N) is 1. The highest BCUT2D eigenvalue weighted by Gasteiger charge is 2.22. The number of carbonyl (C=O) groups is 1. The molecule has 5 nitrogen and oxygen atoms in total. The number of aromatic nitrogens is 1. The Morgan fingerprint density at radius 3 is 2.79 bits per heavy atom. The van der Waals surface area contributed by atoms with Crippen molar-refractivity contribution >= 4 is 5.97 Å². The summed E-state index contributed by atoms with van der Waals surface area (Å²) >= 11 is 0. The molecule has 0 saturated carbocycles. The first kappa shape index (κ1) is 9.23. The lowest BCUT2D eigenvalue weighted by molar-refractivity contribution is -0.146. The third kappa shape index (κ3) is 2.12. The van der Waals surface area contributed by atoms with Crippen molar-refractivity contribution in [3.8, 4) is 0 Å².